The predicted molar refractivity (Wildman–Crippen MR) is 116 cm³/mol. The molecule has 152 valence electrons. The molecule has 2 aliphatic rings. The number of rotatable bonds is 7. The van der Waals surface area contributed by atoms with Gasteiger partial charge in [-0.1, -0.05) is 55.4 Å². The number of carboxylic acid groups (broad SMARTS) is 1. The molecule has 5 heteroatoms. The second-order valence-corrected chi connectivity index (χ2v) is 8.35. The van der Waals surface area contributed by atoms with Gasteiger partial charge in [-0.3, -0.25) is 4.99 Å². The molecule has 0 saturated heterocycles. The van der Waals surface area contributed by atoms with Gasteiger partial charge in [0.25, 0.3) is 0 Å². The maximum absolute atomic E-state index is 10.7. The van der Waals surface area contributed by atoms with Crippen LogP contribution in [0.25, 0.3) is 0 Å². The fourth-order valence-electron chi connectivity index (χ4n) is 3.77. The highest BCUT2D eigenvalue weighted by Gasteiger charge is 2.32. The minimum atomic E-state index is -0.921. The molecule has 0 spiro atoms. The number of hydrazine groups is 1. The van der Waals surface area contributed by atoms with Crippen LogP contribution in [0.1, 0.15) is 47.5 Å². The molecule has 1 aliphatic carbocycles. The lowest BCUT2D eigenvalue weighted by molar-refractivity contribution is -0.131. The third-order valence-corrected chi connectivity index (χ3v) is 5.49. The first-order valence-corrected chi connectivity index (χ1v) is 9.84. The van der Waals surface area contributed by atoms with E-state index in [-0.39, 0.29) is 5.41 Å². The van der Waals surface area contributed by atoms with Crippen molar-refractivity contribution in [1.29, 1.82) is 0 Å². The summed E-state index contributed by atoms with van der Waals surface area (Å²) in [7, 11) is 0. The molecule has 2 N–H and O–H groups in total. The minimum absolute atomic E-state index is 0.170. The maximum Gasteiger partial charge on any atom is 0.328 e. The second-order valence-electron chi connectivity index (χ2n) is 8.35. The first-order valence-electron chi connectivity index (χ1n) is 9.84. The summed E-state index contributed by atoms with van der Waals surface area (Å²) in [5.74, 6) is -0.384. The Balaban J connectivity index is 2.11. The van der Waals surface area contributed by atoms with Crippen LogP contribution in [0.5, 0.6) is 0 Å². The molecule has 0 aromatic heterocycles. The molecule has 1 aliphatic heterocycles. The van der Waals surface area contributed by atoms with E-state index >= 15 is 0 Å². The van der Waals surface area contributed by atoms with Gasteiger partial charge >= 0.3 is 5.97 Å². The molecule has 0 bridgehead atoms. The molecule has 1 unspecified atom stereocenters. The number of nitrogens with zero attached hydrogens (tertiary/aromatic N) is 2. The third-order valence-electron chi connectivity index (χ3n) is 5.49. The highest BCUT2D eigenvalue weighted by molar-refractivity contribution is 5.81. The number of hydrogen-bond acceptors (Lipinski definition) is 4. The highest BCUT2D eigenvalue weighted by atomic mass is 16.4. The molecule has 0 aromatic rings. The van der Waals surface area contributed by atoms with Crippen molar-refractivity contribution in [2.75, 3.05) is 13.2 Å². The van der Waals surface area contributed by atoms with Crippen molar-refractivity contribution in [3.63, 3.8) is 0 Å². The van der Waals surface area contributed by atoms with Gasteiger partial charge in [0.15, 0.2) is 0 Å². The largest absolute Gasteiger partial charge is 0.478 e. The topological polar surface area (TPSA) is 64.9 Å². The SMILES string of the molecule is CC(C=CC1=C(C)C(CN2CN=CN2)CCC1(C)C)=CC=CC(C)=CC(=O)O. The molecule has 0 fully saturated rings. The van der Waals surface area contributed by atoms with E-state index in [1.807, 2.05) is 18.2 Å². The molecule has 2 rings (SSSR count). The number of aliphatic imine (C=N–C) groups is 1. The van der Waals surface area contributed by atoms with Crippen molar-refractivity contribution >= 4 is 12.3 Å². The van der Waals surface area contributed by atoms with E-state index in [0.717, 1.165) is 24.4 Å². The second kappa shape index (κ2) is 9.69. The summed E-state index contributed by atoms with van der Waals surface area (Å²) in [4.78, 5) is 14.9. The van der Waals surface area contributed by atoms with Crippen LogP contribution in [-0.4, -0.2) is 35.6 Å². The minimum Gasteiger partial charge on any atom is -0.478 e. The molecular formula is C23H33N3O2. The highest BCUT2D eigenvalue weighted by Crippen LogP contribution is 2.43. The number of nitrogens with one attached hydrogen (secondary N) is 1. The lowest BCUT2D eigenvalue weighted by Crippen LogP contribution is -2.38. The van der Waals surface area contributed by atoms with Gasteiger partial charge in [-0.2, -0.15) is 0 Å². The summed E-state index contributed by atoms with van der Waals surface area (Å²) >= 11 is 0. The van der Waals surface area contributed by atoms with Crippen LogP contribution in [0.2, 0.25) is 0 Å². The summed E-state index contributed by atoms with van der Waals surface area (Å²) in [5, 5.41) is 10.9. The van der Waals surface area contributed by atoms with Crippen LogP contribution >= 0.6 is 0 Å². The molecule has 0 aromatic carbocycles. The number of hydrogen-bond donors (Lipinski definition) is 2. The van der Waals surface area contributed by atoms with E-state index in [0.29, 0.717) is 5.92 Å². The molecular weight excluding hydrogens is 350 g/mol. The average Bonchev–Trinajstić information content (AvgIpc) is 3.09. The Kier molecular flexibility index (Phi) is 7.58. The predicted octanol–water partition coefficient (Wildman–Crippen LogP) is 4.63. The van der Waals surface area contributed by atoms with Gasteiger partial charge in [-0.15, -0.1) is 0 Å². The third kappa shape index (κ3) is 6.34. The first kappa shape index (κ1) is 21.9. The standard InChI is InChI=1S/C23H33N3O2/c1-17(7-6-8-18(2)13-22(27)28)9-10-21-19(3)20(11-12-23(21,4)5)14-26-16-24-15-25-26/h6-10,13,15,20H,11-12,14,16H2,1-5H3,(H,24,25)(H,27,28). The van der Waals surface area contributed by atoms with Gasteiger partial charge in [-0.05, 0) is 56.1 Å². The smallest absolute Gasteiger partial charge is 0.328 e. The van der Waals surface area contributed by atoms with Crippen molar-refractivity contribution in [3.05, 3.63) is 58.7 Å². The van der Waals surface area contributed by atoms with Crippen molar-refractivity contribution < 1.29 is 9.90 Å². The van der Waals surface area contributed by atoms with Gasteiger partial charge in [0, 0.05) is 12.6 Å². The first-order chi connectivity index (χ1) is 13.2. The van der Waals surface area contributed by atoms with Crippen LogP contribution in [0, 0.1) is 11.3 Å². The lowest BCUT2D eigenvalue weighted by Gasteiger charge is -2.38. The van der Waals surface area contributed by atoms with Crippen molar-refractivity contribution in [2.24, 2.45) is 16.3 Å². The molecule has 0 amide bonds. The van der Waals surface area contributed by atoms with Gasteiger partial charge in [0.2, 0.25) is 0 Å². The quantitative estimate of drug-likeness (QED) is 0.497. The van der Waals surface area contributed by atoms with Gasteiger partial charge in [0.05, 0.1) is 6.34 Å². The molecule has 1 atom stereocenters. The van der Waals surface area contributed by atoms with E-state index < -0.39 is 5.97 Å². The molecule has 1 heterocycles. The van der Waals surface area contributed by atoms with E-state index in [2.05, 4.69) is 55.3 Å². The summed E-state index contributed by atoms with van der Waals surface area (Å²) < 4.78 is 0. The number of allylic oxidation sites excluding steroid dienone is 8. The Labute approximate surface area is 168 Å². The zero-order chi connectivity index (χ0) is 20.7. The van der Waals surface area contributed by atoms with Crippen LogP contribution in [0.15, 0.2) is 63.7 Å². The van der Waals surface area contributed by atoms with E-state index in [1.165, 1.54) is 30.1 Å². The van der Waals surface area contributed by atoms with E-state index in [1.54, 1.807) is 13.3 Å². The van der Waals surface area contributed by atoms with Crippen molar-refractivity contribution in [2.45, 2.75) is 47.5 Å². The molecule has 0 saturated carbocycles. The summed E-state index contributed by atoms with van der Waals surface area (Å²) in [6, 6.07) is 0. The van der Waals surface area contributed by atoms with Crippen LogP contribution in [0.3, 0.4) is 0 Å². The Morgan fingerprint density at radius 2 is 2.11 bits per heavy atom. The Morgan fingerprint density at radius 3 is 2.75 bits per heavy atom. The van der Waals surface area contributed by atoms with Crippen LogP contribution < -0.4 is 5.43 Å². The fraction of sp³-hybridized carbons (Fsp3) is 0.478. The van der Waals surface area contributed by atoms with Gasteiger partial charge in [0.1, 0.15) is 6.67 Å². The zero-order valence-corrected chi connectivity index (χ0v) is 17.7. The van der Waals surface area contributed by atoms with Crippen LogP contribution in [0.4, 0.5) is 0 Å². The molecule has 0 radical (unpaired) electrons. The number of carboxylic acids is 1. The summed E-state index contributed by atoms with van der Waals surface area (Å²) in [6.45, 7) is 12.5. The monoisotopic (exact) mass is 383 g/mol. The fourth-order valence-corrected chi connectivity index (χ4v) is 3.77. The Morgan fingerprint density at radius 1 is 1.36 bits per heavy atom. The number of aliphatic carboxylic acids is 1. The number of carbonyl (C=O) groups is 1. The summed E-state index contributed by atoms with van der Waals surface area (Å²) in [6.07, 6.45) is 15.5. The van der Waals surface area contributed by atoms with Crippen LogP contribution in [-0.2, 0) is 4.79 Å². The Bertz CT molecular complexity index is 759. The zero-order valence-electron chi connectivity index (χ0n) is 17.7. The normalized spacial score (nSPS) is 23.8. The Hall–Kier alpha value is -2.40. The summed E-state index contributed by atoms with van der Waals surface area (Å²) in [5.41, 5.74) is 8.10. The average molecular weight is 384 g/mol. The van der Waals surface area contributed by atoms with Crippen molar-refractivity contribution in [1.82, 2.24) is 10.4 Å². The van der Waals surface area contributed by atoms with E-state index in [4.69, 9.17) is 5.11 Å². The molecule has 5 nitrogen and oxygen atoms in total. The van der Waals surface area contributed by atoms with Gasteiger partial charge < -0.3 is 10.5 Å². The lowest BCUT2D eigenvalue weighted by atomic mass is 9.68. The van der Waals surface area contributed by atoms with Gasteiger partial charge in [-0.25, -0.2) is 9.80 Å². The molecule has 28 heavy (non-hydrogen) atoms. The van der Waals surface area contributed by atoms with E-state index in [9.17, 15) is 4.79 Å². The van der Waals surface area contributed by atoms with Crippen molar-refractivity contribution in [3.8, 4) is 0 Å². The maximum atomic E-state index is 10.7.